The number of pyridine rings is 1. The minimum Gasteiger partial charge on any atom is -0.505 e. The molecule has 0 aromatic carbocycles. The number of hydrogen-bond acceptors (Lipinski definition) is 7. The molecule has 0 bridgehead atoms. The molecular weight excluding hydrogens is 483 g/mol. The lowest BCUT2D eigenvalue weighted by Crippen LogP contribution is -2.44. The number of nitrogens with one attached hydrogen (secondary N) is 2. The molecule has 0 radical (unpaired) electrons. The number of hydrogen-bond donors (Lipinski definition) is 4. The molecule has 0 fully saturated rings. The zero-order valence-corrected chi connectivity index (χ0v) is 21.6. The molecule has 1 unspecified atom stereocenters. The number of carbonyl (C=O) groups is 3. The van der Waals surface area contributed by atoms with E-state index in [-0.39, 0.29) is 36.5 Å². The fraction of sp³-hybridized carbons (Fsp3) is 0.385. The molecule has 1 heterocycles. The van der Waals surface area contributed by atoms with Crippen LogP contribution in [0, 0.1) is 0 Å². The van der Waals surface area contributed by atoms with Gasteiger partial charge in [-0.2, -0.15) is 0 Å². The van der Waals surface area contributed by atoms with Crippen LogP contribution in [0.2, 0.25) is 0 Å². The van der Waals surface area contributed by atoms with Gasteiger partial charge in [0, 0.05) is 33.8 Å². The summed E-state index contributed by atoms with van der Waals surface area (Å²) in [7, 11) is 2.83. The number of ether oxygens (including phenoxy) is 1. The number of methoxy groups -OCH3 is 1. The first-order valence-corrected chi connectivity index (χ1v) is 11.5. The molecule has 202 valence electrons. The predicted molar refractivity (Wildman–Crippen MR) is 140 cm³/mol. The van der Waals surface area contributed by atoms with Crippen LogP contribution in [0.1, 0.15) is 25.1 Å². The summed E-state index contributed by atoms with van der Waals surface area (Å²) in [6.45, 7) is 5.66. The number of amides is 3. The van der Waals surface area contributed by atoms with E-state index in [1.807, 2.05) is 0 Å². The van der Waals surface area contributed by atoms with E-state index in [9.17, 15) is 29.0 Å². The summed E-state index contributed by atoms with van der Waals surface area (Å²) >= 11 is 0. The smallest absolute Gasteiger partial charge is 0.250 e. The maximum absolute atomic E-state index is 12.7. The number of carbonyl (C=O) groups excluding carboxylic acids is 3. The topological polar surface area (TPSA) is 141 Å². The number of anilines is 1. The molecule has 0 saturated carbocycles. The number of nitrogens with zero attached hydrogens (tertiary/aromatic N) is 2. The standard InChI is InChI=1S/C26H35FN4O6/c1-6-8-19(9-7-10-27)13-20-14-21(31(18(3)32)16-22(33)26(36)28-4)23(30-15-20)24(34)17(2)25(35)29-11-12-37-5/h6-9,14-15,22,33-34H,1,10-13,16H2,2-5H3,(H,28,36)(H,29,35)/b9-7-,19-8+,24-17-. The molecule has 0 saturated heterocycles. The summed E-state index contributed by atoms with van der Waals surface area (Å²) < 4.78 is 17.6. The van der Waals surface area contributed by atoms with Gasteiger partial charge in [0.1, 0.15) is 12.4 Å². The predicted octanol–water partition coefficient (Wildman–Crippen LogP) is 1.77. The number of alkyl halides is 1. The highest BCUT2D eigenvalue weighted by molar-refractivity contribution is 6.01. The van der Waals surface area contributed by atoms with Gasteiger partial charge in [-0.3, -0.25) is 19.4 Å². The third kappa shape index (κ3) is 9.62. The first kappa shape index (κ1) is 31.2. The minimum absolute atomic E-state index is 0.0638. The number of allylic oxidation sites excluding steroid dienone is 5. The van der Waals surface area contributed by atoms with Crippen molar-refractivity contribution in [2.45, 2.75) is 26.4 Å². The highest BCUT2D eigenvalue weighted by Crippen LogP contribution is 2.29. The molecule has 10 nitrogen and oxygen atoms in total. The van der Waals surface area contributed by atoms with Crippen molar-refractivity contribution in [2.24, 2.45) is 0 Å². The van der Waals surface area contributed by atoms with Crippen molar-refractivity contribution in [3.05, 3.63) is 65.5 Å². The van der Waals surface area contributed by atoms with Crippen LogP contribution in [-0.2, 0) is 25.5 Å². The maximum Gasteiger partial charge on any atom is 0.250 e. The van der Waals surface area contributed by atoms with Crippen LogP contribution in [0.5, 0.6) is 0 Å². The first-order chi connectivity index (χ1) is 17.6. The monoisotopic (exact) mass is 518 g/mol. The third-order valence-electron chi connectivity index (χ3n) is 5.17. The second-order valence-electron chi connectivity index (χ2n) is 7.90. The van der Waals surface area contributed by atoms with Crippen molar-refractivity contribution in [1.29, 1.82) is 0 Å². The van der Waals surface area contributed by atoms with Crippen LogP contribution in [-0.4, -0.2) is 79.6 Å². The second kappa shape index (κ2) is 16.0. The normalized spacial score (nSPS) is 13.1. The van der Waals surface area contributed by atoms with Crippen LogP contribution in [0.25, 0.3) is 5.76 Å². The molecule has 0 aliphatic rings. The number of likely N-dealkylation sites (N-methyl/N-ethyl adjacent to an activating group) is 1. The van der Waals surface area contributed by atoms with Crippen LogP contribution < -0.4 is 15.5 Å². The second-order valence-corrected chi connectivity index (χ2v) is 7.90. The van der Waals surface area contributed by atoms with Gasteiger partial charge in [0.15, 0.2) is 11.9 Å². The van der Waals surface area contributed by atoms with E-state index in [1.165, 1.54) is 40.3 Å². The summed E-state index contributed by atoms with van der Waals surface area (Å²) in [6.07, 6.45) is 6.29. The van der Waals surface area contributed by atoms with Crippen molar-refractivity contribution in [1.82, 2.24) is 15.6 Å². The average Bonchev–Trinajstić information content (AvgIpc) is 2.88. The van der Waals surface area contributed by atoms with Gasteiger partial charge in [-0.25, -0.2) is 4.39 Å². The zero-order chi connectivity index (χ0) is 28.0. The molecule has 1 atom stereocenters. The molecule has 11 heteroatoms. The summed E-state index contributed by atoms with van der Waals surface area (Å²) in [4.78, 5) is 42.4. The molecule has 1 aromatic heterocycles. The van der Waals surface area contributed by atoms with Crippen molar-refractivity contribution < 1.29 is 33.7 Å². The minimum atomic E-state index is -1.57. The Hall–Kier alpha value is -3.83. The molecule has 3 amide bonds. The van der Waals surface area contributed by atoms with Crippen molar-refractivity contribution in [2.75, 3.05) is 45.4 Å². The van der Waals surface area contributed by atoms with Crippen LogP contribution in [0.4, 0.5) is 10.1 Å². The Morgan fingerprint density at radius 2 is 2.03 bits per heavy atom. The van der Waals surface area contributed by atoms with E-state index >= 15 is 0 Å². The number of aromatic nitrogens is 1. The number of aliphatic hydroxyl groups is 2. The highest BCUT2D eigenvalue weighted by atomic mass is 19.1. The Kier molecular flexibility index (Phi) is 13.5. The van der Waals surface area contributed by atoms with Crippen LogP contribution >= 0.6 is 0 Å². The van der Waals surface area contributed by atoms with Crippen LogP contribution in [0.15, 0.2) is 54.3 Å². The summed E-state index contributed by atoms with van der Waals surface area (Å²) in [5, 5.41) is 26.1. The van der Waals surface area contributed by atoms with E-state index in [1.54, 1.807) is 24.3 Å². The van der Waals surface area contributed by atoms with Gasteiger partial charge in [-0.05, 0) is 30.5 Å². The van der Waals surface area contributed by atoms with E-state index in [2.05, 4.69) is 22.2 Å². The molecule has 1 rings (SSSR count). The molecule has 0 spiro atoms. The Balaban J connectivity index is 3.65. The lowest BCUT2D eigenvalue weighted by Gasteiger charge is -2.26. The first-order valence-electron chi connectivity index (χ1n) is 11.5. The Labute approximate surface area is 216 Å². The molecule has 1 aromatic rings. The van der Waals surface area contributed by atoms with Gasteiger partial charge in [0.25, 0.3) is 5.91 Å². The fourth-order valence-corrected chi connectivity index (χ4v) is 3.24. The van der Waals surface area contributed by atoms with E-state index in [0.29, 0.717) is 11.1 Å². The summed E-state index contributed by atoms with van der Waals surface area (Å²) in [5.74, 6) is -2.31. The zero-order valence-electron chi connectivity index (χ0n) is 21.6. The van der Waals surface area contributed by atoms with Gasteiger partial charge in [-0.1, -0.05) is 30.9 Å². The number of rotatable bonds is 14. The molecule has 4 N–H and O–H groups in total. The molecule has 0 aliphatic heterocycles. The Bertz CT molecular complexity index is 1070. The third-order valence-corrected chi connectivity index (χ3v) is 5.17. The van der Waals surface area contributed by atoms with E-state index in [0.717, 1.165) is 4.90 Å². The van der Waals surface area contributed by atoms with Gasteiger partial charge in [-0.15, -0.1) is 0 Å². The number of halogens is 1. The Morgan fingerprint density at radius 1 is 1.32 bits per heavy atom. The summed E-state index contributed by atoms with van der Waals surface area (Å²) in [6, 6.07) is 1.55. The Morgan fingerprint density at radius 3 is 2.59 bits per heavy atom. The summed E-state index contributed by atoms with van der Waals surface area (Å²) in [5.41, 5.74) is 1.18. The molecule has 37 heavy (non-hydrogen) atoms. The van der Waals surface area contributed by atoms with Crippen LogP contribution in [0.3, 0.4) is 0 Å². The quantitative estimate of drug-likeness (QED) is 0.127. The SMILES string of the molecule is C=C/C=C(\C=C/CF)Cc1cnc(/C(O)=C(\C)C(=O)NCCOC)c(N(CC(O)C(=O)NC)C(C)=O)c1. The van der Waals surface area contributed by atoms with E-state index in [4.69, 9.17) is 4.74 Å². The lowest BCUT2D eigenvalue weighted by atomic mass is 10.0. The number of aliphatic hydroxyl groups excluding tert-OH is 2. The van der Waals surface area contributed by atoms with Crippen molar-refractivity contribution in [3.63, 3.8) is 0 Å². The van der Waals surface area contributed by atoms with Gasteiger partial charge >= 0.3 is 0 Å². The van der Waals surface area contributed by atoms with Gasteiger partial charge < -0.3 is 30.5 Å². The molecule has 0 aliphatic carbocycles. The van der Waals surface area contributed by atoms with E-state index < -0.39 is 42.8 Å². The lowest BCUT2D eigenvalue weighted by molar-refractivity contribution is -0.128. The highest BCUT2D eigenvalue weighted by Gasteiger charge is 2.26. The van der Waals surface area contributed by atoms with Crippen molar-refractivity contribution >= 4 is 29.2 Å². The van der Waals surface area contributed by atoms with Gasteiger partial charge in [0.05, 0.1) is 24.4 Å². The molecular formula is C26H35FN4O6. The fourth-order valence-electron chi connectivity index (χ4n) is 3.24. The van der Waals surface area contributed by atoms with Gasteiger partial charge in [0.2, 0.25) is 11.8 Å². The maximum atomic E-state index is 12.7. The van der Waals surface area contributed by atoms with Crippen molar-refractivity contribution in [3.8, 4) is 0 Å². The average molecular weight is 519 g/mol. The largest absolute Gasteiger partial charge is 0.505 e.